The lowest BCUT2D eigenvalue weighted by Gasteiger charge is -2.44. The molecule has 1 aliphatic heterocycles. The highest BCUT2D eigenvalue weighted by Gasteiger charge is 2.33. The highest BCUT2D eigenvalue weighted by molar-refractivity contribution is 8.00. The van der Waals surface area contributed by atoms with E-state index in [1.165, 1.54) is 38.2 Å². The maximum Gasteiger partial charge on any atom is 0.0184 e. The van der Waals surface area contributed by atoms with Gasteiger partial charge in [0.2, 0.25) is 0 Å². The molecule has 1 rings (SSSR count). The van der Waals surface area contributed by atoms with Crippen LogP contribution in [0.3, 0.4) is 0 Å². The van der Waals surface area contributed by atoms with Crippen LogP contribution >= 0.6 is 11.8 Å². The fraction of sp³-hybridized carbons (Fsp3) is 1.00. The third-order valence-electron chi connectivity index (χ3n) is 4.80. The lowest BCUT2D eigenvalue weighted by molar-refractivity contribution is 0.106. The Bertz CT molecular complexity index is 229. The molecule has 0 amide bonds. The van der Waals surface area contributed by atoms with Crippen molar-refractivity contribution in [2.45, 2.75) is 58.8 Å². The second-order valence-electron chi connectivity index (χ2n) is 5.77. The zero-order valence-corrected chi connectivity index (χ0v) is 13.8. The third kappa shape index (κ3) is 4.14. The Morgan fingerprint density at radius 3 is 2.44 bits per heavy atom. The molecule has 0 spiro atoms. The van der Waals surface area contributed by atoms with Gasteiger partial charge >= 0.3 is 0 Å². The standard InChI is InChI=1S/C15H32N2S/c1-6-15(7-2,11-16-8-3)12-17-9-10-18-14(5)13(17)4/h13-14,16H,6-12H2,1-5H3. The van der Waals surface area contributed by atoms with E-state index in [1.807, 2.05) is 0 Å². The lowest BCUT2D eigenvalue weighted by Crippen LogP contribution is -2.51. The topological polar surface area (TPSA) is 15.3 Å². The normalized spacial score (nSPS) is 26.5. The zero-order valence-electron chi connectivity index (χ0n) is 13.0. The summed E-state index contributed by atoms with van der Waals surface area (Å²) in [6.07, 6.45) is 2.56. The quantitative estimate of drug-likeness (QED) is 0.766. The first-order valence-electron chi connectivity index (χ1n) is 7.65. The Labute approximate surface area is 118 Å². The summed E-state index contributed by atoms with van der Waals surface area (Å²) in [5.74, 6) is 1.30. The number of hydrogen-bond donors (Lipinski definition) is 1. The lowest BCUT2D eigenvalue weighted by atomic mass is 9.81. The van der Waals surface area contributed by atoms with E-state index in [4.69, 9.17) is 0 Å². The molecule has 2 atom stereocenters. The SMILES string of the molecule is CCNCC(CC)(CC)CN1CCSC(C)C1C. The third-order valence-corrected chi connectivity index (χ3v) is 6.14. The Balaban J connectivity index is 2.63. The molecule has 0 radical (unpaired) electrons. The molecule has 108 valence electrons. The van der Waals surface area contributed by atoms with Gasteiger partial charge in [-0.1, -0.05) is 27.7 Å². The molecule has 1 fully saturated rings. The molecule has 0 aliphatic carbocycles. The zero-order chi connectivity index (χ0) is 13.6. The molecule has 0 aromatic carbocycles. The van der Waals surface area contributed by atoms with Gasteiger partial charge in [-0.05, 0) is 31.7 Å². The Hall–Kier alpha value is 0.270. The van der Waals surface area contributed by atoms with Crippen LogP contribution in [0.4, 0.5) is 0 Å². The molecule has 2 nitrogen and oxygen atoms in total. The van der Waals surface area contributed by atoms with Crippen LogP contribution in [0.1, 0.15) is 47.5 Å². The molecule has 1 aliphatic rings. The second-order valence-corrected chi connectivity index (χ2v) is 7.26. The fourth-order valence-corrected chi connectivity index (χ4v) is 3.98. The number of rotatable bonds is 7. The Morgan fingerprint density at radius 1 is 1.22 bits per heavy atom. The molecule has 2 unspecified atom stereocenters. The molecule has 0 aromatic rings. The molecule has 1 N–H and O–H groups in total. The molecule has 0 bridgehead atoms. The summed E-state index contributed by atoms with van der Waals surface area (Å²) in [6, 6.07) is 0.725. The number of nitrogens with one attached hydrogen (secondary N) is 1. The summed E-state index contributed by atoms with van der Waals surface area (Å²) in [4.78, 5) is 2.73. The van der Waals surface area contributed by atoms with Crippen molar-refractivity contribution >= 4 is 11.8 Å². The number of hydrogen-bond acceptors (Lipinski definition) is 3. The summed E-state index contributed by atoms with van der Waals surface area (Å²) in [5.41, 5.74) is 0.464. The Kier molecular flexibility index (Phi) is 7.04. The van der Waals surface area contributed by atoms with E-state index in [0.29, 0.717) is 5.41 Å². The van der Waals surface area contributed by atoms with Crippen LogP contribution in [0.5, 0.6) is 0 Å². The van der Waals surface area contributed by atoms with Crippen molar-refractivity contribution in [3.05, 3.63) is 0 Å². The van der Waals surface area contributed by atoms with Gasteiger partial charge in [0.15, 0.2) is 0 Å². The van der Waals surface area contributed by atoms with Gasteiger partial charge < -0.3 is 5.32 Å². The van der Waals surface area contributed by atoms with E-state index in [1.54, 1.807) is 0 Å². The first-order valence-corrected chi connectivity index (χ1v) is 8.69. The molecule has 0 saturated carbocycles. The van der Waals surface area contributed by atoms with Gasteiger partial charge in [-0.25, -0.2) is 0 Å². The van der Waals surface area contributed by atoms with Crippen LogP contribution in [0, 0.1) is 5.41 Å². The average molecular weight is 273 g/mol. The van der Waals surface area contributed by atoms with Crippen molar-refractivity contribution in [3.8, 4) is 0 Å². The summed E-state index contributed by atoms with van der Waals surface area (Å²) in [7, 11) is 0. The van der Waals surface area contributed by atoms with Gasteiger partial charge in [-0.15, -0.1) is 0 Å². The first-order chi connectivity index (χ1) is 8.58. The van der Waals surface area contributed by atoms with E-state index in [-0.39, 0.29) is 0 Å². The summed E-state index contributed by atoms with van der Waals surface area (Å²) in [6.45, 7) is 16.5. The molecule has 1 heterocycles. The van der Waals surface area contributed by atoms with Crippen LogP contribution in [-0.4, -0.2) is 48.1 Å². The maximum atomic E-state index is 3.57. The second kappa shape index (κ2) is 7.76. The van der Waals surface area contributed by atoms with E-state index >= 15 is 0 Å². The predicted octanol–water partition coefficient (Wildman–Crippen LogP) is 3.23. The smallest absolute Gasteiger partial charge is 0.0184 e. The minimum Gasteiger partial charge on any atom is -0.316 e. The fourth-order valence-electron chi connectivity index (χ4n) is 2.82. The number of thioether (sulfide) groups is 1. The van der Waals surface area contributed by atoms with E-state index in [9.17, 15) is 0 Å². The minimum atomic E-state index is 0.464. The van der Waals surface area contributed by atoms with Crippen molar-refractivity contribution in [2.75, 3.05) is 31.9 Å². The van der Waals surface area contributed by atoms with Gasteiger partial charge in [-0.2, -0.15) is 11.8 Å². The summed E-state index contributed by atoms with van der Waals surface area (Å²) < 4.78 is 0. The minimum absolute atomic E-state index is 0.464. The molecule has 0 aromatic heterocycles. The highest BCUT2D eigenvalue weighted by atomic mass is 32.2. The maximum absolute atomic E-state index is 3.57. The van der Waals surface area contributed by atoms with Crippen molar-refractivity contribution < 1.29 is 0 Å². The van der Waals surface area contributed by atoms with Crippen molar-refractivity contribution in [1.82, 2.24) is 10.2 Å². The monoisotopic (exact) mass is 272 g/mol. The van der Waals surface area contributed by atoms with Gasteiger partial charge in [0.25, 0.3) is 0 Å². The van der Waals surface area contributed by atoms with Gasteiger partial charge in [0.05, 0.1) is 0 Å². The van der Waals surface area contributed by atoms with Crippen LogP contribution in [0.25, 0.3) is 0 Å². The molecule has 18 heavy (non-hydrogen) atoms. The van der Waals surface area contributed by atoms with Crippen molar-refractivity contribution in [1.29, 1.82) is 0 Å². The first kappa shape index (κ1) is 16.3. The van der Waals surface area contributed by atoms with E-state index in [0.717, 1.165) is 17.8 Å². The van der Waals surface area contributed by atoms with Gasteiger partial charge in [0, 0.05) is 36.7 Å². The van der Waals surface area contributed by atoms with Gasteiger partial charge in [-0.3, -0.25) is 4.90 Å². The van der Waals surface area contributed by atoms with Crippen LogP contribution < -0.4 is 5.32 Å². The van der Waals surface area contributed by atoms with Crippen LogP contribution in [0.15, 0.2) is 0 Å². The molecule has 1 saturated heterocycles. The molecular weight excluding hydrogens is 240 g/mol. The Morgan fingerprint density at radius 2 is 1.89 bits per heavy atom. The summed E-state index contributed by atoms with van der Waals surface area (Å²) >= 11 is 2.13. The molecule has 3 heteroatoms. The summed E-state index contributed by atoms with van der Waals surface area (Å²) in [5, 5.41) is 4.36. The van der Waals surface area contributed by atoms with Crippen LogP contribution in [0.2, 0.25) is 0 Å². The van der Waals surface area contributed by atoms with Crippen molar-refractivity contribution in [2.24, 2.45) is 5.41 Å². The molecular formula is C15H32N2S. The van der Waals surface area contributed by atoms with E-state index < -0.39 is 0 Å². The van der Waals surface area contributed by atoms with Crippen LogP contribution in [-0.2, 0) is 0 Å². The van der Waals surface area contributed by atoms with E-state index in [2.05, 4.69) is 56.6 Å². The largest absolute Gasteiger partial charge is 0.316 e. The average Bonchev–Trinajstić information content (AvgIpc) is 2.40. The van der Waals surface area contributed by atoms with Crippen molar-refractivity contribution in [3.63, 3.8) is 0 Å². The predicted molar refractivity (Wildman–Crippen MR) is 84.5 cm³/mol. The number of nitrogens with zero attached hydrogens (tertiary/aromatic N) is 1. The van der Waals surface area contributed by atoms with Gasteiger partial charge in [0.1, 0.15) is 0 Å². The highest BCUT2D eigenvalue weighted by Crippen LogP contribution is 2.31.